The van der Waals surface area contributed by atoms with Gasteiger partial charge in [-0.3, -0.25) is 4.79 Å². The fourth-order valence-corrected chi connectivity index (χ4v) is 2.02. The molecular weight excluding hydrogens is 244 g/mol. The van der Waals surface area contributed by atoms with Crippen LogP contribution in [0.4, 0.5) is 0 Å². The van der Waals surface area contributed by atoms with E-state index in [9.17, 15) is 4.79 Å². The van der Waals surface area contributed by atoms with E-state index in [1.165, 1.54) is 31.8 Å². The van der Waals surface area contributed by atoms with Gasteiger partial charge < -0.3 is 0 Å². The monoisotopic (exact) mass is 270 g/mol. The van der Waals surface area contributed by atoms with Crippen LogP contribution < -0.4 is 0 Å². The van der Waals surface area contributed by atoms with Crippen molar-refractivity contribution in [3.63, 3.8) is 0 Å². The van der Waals surface area contributed by atoms with E-state index in [1.54, 1.807) is 0 Å². The summed E-state index contributed by atoms with van der Waals surface area (Å²) in [5.74, 6) is 1.57. The van der Waals surface area contributed by atoms with Gasteiger partial charge in [-0.25, -0.2) is 0 Å². The van der Waals surface area contributed by atoms with Crippen LogP contribution in [-0.4, -0.2) is 5.24 Å². The van der Waals surface area contributed by atoms with Crippen LogP contribution in [0.25, 0.3) is 0 Å². The average molecular weight is 271 g/mol. The fraction of sp³-hybridized carbons (Fsp3) is 0.688. The van der Waals surface area contributed by atoms with Crippen LogP contribution in [0.15, 0.2) is 23.8 Å². The first-order valence-electron chi connectivity index (χ1n) is 7.00. The zero-order valence-corrected chi connectivity index (χ0v) is 13.0. The summed E-state index contributed by atoms with van der Waals surface area (Å²) in [6.07, 6.45) is 11.9. The van der Waals surface area contributed by atoms with Crippen molar-refractivity contribution < 1.29 is 4.79 Å². The van der Waals surface area contributed by atoms with Gasteiger partial charge in [-0.1, -0.05) is 58.6 Å². The smallest absolute Gasteiger partial charge is 0.245 e. The lowest BCUT2D eigenvalue weighted by molar-refractivity contribution is -0.107. The van der Waals surface area contributed by atoms with Crippen molar-refractivity contribution in [1.82, 2.24) is 0 Å². The molecule has 1 nitrogen and oxygen atoms in total. The molecule has 0 aromatic heterocycles. The summed E-state index contributed by atoms with van der Waals surface area (Å²) in [7, 11) is 0. The molecule has 0 spiro atoms. The highest BCUT2D eigenvalue weighted by molar-refractivity contribution is 6.66. The summed E-state index contributed by atoms with van der Waals surface area (Å²) in [5.41, 5.74) is 0.918. The van der Waals surface area contributed by atoms with Gasteiger partial charge in [0.2, 0.25) is 5.24 Å². The number of carbonyl (C=O) groups excluding carboxylic acids is 1. The Hall–Kier alpha value is -0.560. The predicted octanol–water partition coefficient (Wildman–Crippen LogP) is 5.50. The molecule has 18 heavy (non-hydrogen) atoms. The van der Waals surface area contributed by atoms with Gasteiger partial charge >= 0.3 is 0 Å². The quantitative estimate of drug-likeness (QED) is 0.307. The molecule has 0 aliphatic rings. The van der Waals surface area contributed by atoms with E-state index in [0.29, 0.717) is 5.92 Å². The highest BCUT2D eigenvalue weighted by Gasteiger charge is 2.02. The third kappa shape index (κ3) is 10.6. The number of hydrogen-bond acceptors (Lipinski definition) is 1. The Morgan fingerprint density at radius 2 is 1.83 bits per heavy atom. The number of halogens is 1. The number of carbonyl (C=O) groups is 1. The van der Waals surface area contributed by atoms with E-state index in [1.807, 2.05) is 13.0 Å². The van der Waals surface area contributed by atoms with Gasteiger partial charge in [0.25, 0.3) is 0 Å². The summed E-state index contributed by atoms with van der Waals surface area (Å²) < 4.78 is 0. The molecule has 0 heterocycles. The Kier molecular flexibility index (Phi) is 10.0. The largest absolute Gasteiger partial charge is 0.276 e. The number of hydrogen-bond donors (Lipinski definition) is 0. The van der Waals surface area contributed by atoms with Crippen molar-refractivity contribution in [3.8, 4) is 0 Å². The van der Waals surface area contributed by atoms with Gasteiger partial charge in [-0.05, 0) is 42.4 Å². The summed E-state index contributed by atoms with van der Waals surface area (Å²) in [6.45, 7) is 8.75. The predicted molar refractivity (Wildman–Crippen MR) is 80.8 cm³/mol. The van der Waals surface area contributed by atoms with Gasteiger partial charge in [0, 0.05) is 6.08 Å². The molecule has 0 aromatic rings. The molecule has 2 unspecified atom stereocenters. The second kappa shape index (κ2) is 10.4. The maximum atomic E-state index is 10.6. The molecule has 0 aliphatic carbocycles. The van der Waals surface area contributed by atoms with Crippen LogP contribution in [0, 0.1) is 11.8 Å². The molecule has 0 bridgehead atoms. The molecular formula is C16H27ClO. The maximum absolute atomic E-state index is 10.6. The molecule has 0 amide bonds. The average Bonchev–Trinajstić information content (AvgIpc) is 2.27. The van der Waals surface area contributed by atoms with Crippen molar-refractivity contribution in [3.05, 3.63) is 23.8 Å². The van der Waals surface area contributed by atoms with Gasteiger partial charge in [0.15, 0.2) is 0 Å². The van der Waals surface area contributed by atoms with Gasteiger partial charge in [0.05, 0.1) is 0 Å². The van der Waals surface area contributed by atoms with E-state index < -0.39 is 5.24 Å². The van der Waals surface area contributed by atoms with Crippen LogP contribution in [0.3, 0.4) is 0 Å². The first kappa shape index (κ1) is 17.4. The normalized spacial score (nSPS) is 15.9. The fourth-order valence-electron chi connectivity index (χ4n) is 1.85. The zero-order chi connectivity index (χ0) is 14.0. The molecule has 0 rings (SSSR count). The zero-order valence-electron chi connectivity index (χ0n) is 12.2. The van der Waals surface area contributed by atoms with Gasteiger partial charge in [0.1, 0.15) is 0 Å². The van der Waals surface area contributed by atoms with Crippen molar-refractivity contribution >= 4 is 16.8 Å². The molecule has 0 N–H and O–H groups in total. The lowest BCUT2D eigenvalue weighted by Crippen LogP contribution is -1.97. The van der Waals surface area contributed by atoms with Crippen LogP contribution >= 0.6 is 11.6 Å². The SMILES string of the molecule is CCC(C)CCCC(C)C/C=C/C(C)=C/C(=O)Cl. The first-order valence-corrected chi connectivity index (χ1v) is 7.37. The second-order valence-electron chi connectivity index (χ2n) is 5.38. The van der Waals surface area contributed by atoms with Crippen LogP contribution in [0.1, 0.15) is 59.8 Å². The molecule has 0 aromatic carbocycles. The molecule has 0 fully saturated rings. The maximum Gasteiger partial charge on any atom is 0.245 e. The Morgan fingerprint density at radius 3 is 2.39 bits per heavy atom. The lowest BCUT2D eigenvalue weighted by Gasteiger charge is -2.11. The van der Waals surface area contributed by atoms with Gasteiger partial charge in [-0.15, -0.1) is 0 Å². The highest BCUT2D eigenvalue weighted by atomic mass is 35.5. The number of rotatable bonds is 9. The standard InChI is InChI=1S/C16H27ClO/c1-5-13(2)8-6-9-14(3)10-7-11-15(4)12-16(17)18/h7,11-14H,5-6,8-10H2,1-4H3/b11-7+,15-12+. The highest BCUT2D eigenvalue weighted by Crippen LogP contribution is 2.17. The molecule has 0 radical (unpaired) electrons. The second-order valence-corrected chi connectivity index (χ2v) is 5.75. The van der Waals surface area contributed by atoms with Crippen molar-refractivity contribution in [1.29, 1.82) is 0 Å². The summed E-state index contributed by atoms with van der Waals surface area (Å²) >= 11 is 5.28. The molecule has 2 heteroatoms. The van der Waals surface area contributed by atoms with Crippen molar-refractivity contribution in [2.24, 2.45) is 11.8 Å². The summed E-state index contributed by atoms with van der Waals surface area (Å²) in [6, 6.07) is 0. The lowest BCUT2D eigenvalue weighted by atomic mass is 9.95. The summed E-state index contributed by atoms with van der Waals surface area (Å²) in [5, 5.41) is -0.404. The Bertz CT molecular complexity index is 291. The number of allylic oxidation sites excluding steroid dienone is 4. The van der Waals surface area contributed by atoms with E-state index in [0.717, 1.165) is 17.9 Å². The molecule has 0 aliphatic heterocycles. The summed E-state index contributed by atoms with van der Waals surface area (Å²) in [4.78, 5) is 10.6. The Labute approximate surface area is 117 Å². The van der Waals surface area contributed by atoms with Crippen LogP contribution in [0.5, 0.6) is 0 Å². The minimum Gasteiger partial charge on any atom is -0.276 e. The first-order chi connectivity index (χ1) is 8.45. The van der Waals surface area contributed by atoms with E-state index in [-0.39, 0.29) is 0 Å². The van der Waals surface area contributed by atoms with Crippen molar-refractivity contribution in [2.45, 2.75) is 59.8 Å². The molecule has 2 atom stereocenters. The van der Waals surface area contributed by atoms with Crippen LogP contribution in [-0.2, 0) is 4.79 Å². The Morgan fingerprint density at radius 1 is 1.22 bits per heavy atom. The minimum absolute atomic E-state index is 0.404. The van der Waals surface area contributed by atoms with Gasteiger partial charge in [-0.2, -0.15) is 0 Å². The van der Waals surface area contributed by atoms with E-state index in [2.05, 4.69) is 26.8 Å². The minimum atomic E-state index is -0.404. The van der Waals surface area contributed by atoms with Crippen molar-refractivity contribution in [2.75, 3.05) is 0 Å². The third-order valence-corrected chi connectivity index (χ3v) is 3.46. The van der Waals surface area contributed by atoms with E-state index in [4.69, 9.17) is 11.6 Å². The van der Waals surface area contributed by atoms with Crippen LogP contribution in [0.2, 0.25) is 0 Å². The Balaban J connectivity index is 3.79. The molecule has 104 valence electrons. The topological polar surface area (TPSA) is 17.1 Å². The van der Waals surface area contributed by atoms with E-state index >= 15 is 0 Å². The third-order valence-electron chi connectivity index (χ3n) is 3.35. The molecule has 0 saturated carbocycles. The molecule has 0 saturated heterocycles.